The fourth-order valence-corrected chi connectivity index (χ4v) is 5.32. The van der Waals surface area contributed by atoms with Crippen LogP contribution in [0.5, 0.6) is 0 Å². The highest BCUT2D eigenvalue weighted by molar-refractivity contribution is 6.51. The molecule has 2 atom stereocenters. The van der Waals surface area contributed by atoms with Crippen LogP contribution in [0.15, 0.2) is 67.3 Å². The molecule has 2 aliphatic heterocycles. The second-order valence-electron chi connectivity index (χ2n) is 9.62. The van der Waals surface area contributed by atoms with Crippen LogP contribution in [0.4, 0.5) is 5.69 Å². The number of rotatable bonds is 4. The van der Waals surface area contributed by atoms with Crippen LogP contribution < -0.4 is 4.90 Å². The molecule has 0 unspecified atom stereocenters. The fourth-order valence-electron chi connectivity index (χ4n) is 5.32. The van der Waals surface area contributed by atoms with E-state index in [-0.39, 0.29) is 5.41 Å². The number of nitrogens with zero attached hydrogens (tertiary/aromatic N) is 1. The van der Waals surface area contributed by atoms with Crippen molar-refractivity contribution in [1.82, 2.24) is 0 Å². The quantitative estimate of drug-likeness (QED) is 0.509. The average Bonchev–Trinajstić information content (AvgIpc) is 3.01. The molecule has 2 aromatic rings. The van der Waals surface area contributed by atoms with Crippen LogP contribution in [0.3, 0.4) is 0 Å². The third-order valence-corrected chi connectivity index (χ3v) is 7.59. The van der Waals surface area contributed by atoms with E-state index in [0.717, 1.165) is 6.42 Å². The Bertz CT molecular complexity index is 909. The predicted molar refractivity (Wildman–Crippen MR) is 121 cm³/mol. The molecule has 1 saturated heterocycles. The molecular formula is C25H32BNO2. The van der Waals surface area contributed by atoms with E-state index in [1.54, 1.807) is 0 Å². The van der Waals surface area contributed by atoms with Gasteiger partial charge in [-0.3, -0.25) is 0 Å². The van der Waals surface area contributed by atoms with Crippen LogP contribution >= 0.6 is 0 Å². The van der Waals surface area contributed by atoms with Crippen molar-refractivity contribution in [1.29, 1.82) is 0 Å². The van der Waals surface area contributed by atoms with Gasteiger partial charge in [-0.2, -0.15) is 0 Å². The zero-order valence-corrected chi connectivity index (χ0v) is 18.5. The fraction of sp³-hybridized carbons (Fsp3) is 0.440. The molecule has 2 heterocycles. The topological polar surface area (TPSA) is 21.7 Å². The molecule has 3 nitrogen and oxygen atoms in total. The zero-order chi connectivity index (χ0) is 21.1. The molecule has 0 spiro atoms. The lowest BCUT2D eigenvalue weighted by atomic mass is 9.47. The number of para-hydroxylation sites is 1. The van der Waals surface area contributed by atoms with E-state index in [0.29, 0.717) is 0 Å². The summed E-state index contributed by atoms with van der Waals surface area (Å²) in [5.74, 6) is 0. The lowest BCUT2D eigenvalue weighted by Crippen LogP contribution is -2.63. The van der Waals surface area contributed by atoms with E-state index in [2.05, 4.69) is 108 Å². The maximum Gasteiger partial charge on any atom is 0.491 e. The van der Waals surface area contributed by atoms with Gasteiger partial charge in [0.1, 0.15) is 5.44 Å². The van der Waals surface area contributed by atoms with Crippen LogP contribution in [0.1, 0.15) is 52.2 Å². The summed E-state index contributed by atoms with van der Waals surface area (Å²) < 4.78 is 13.5. The van der Waals surface area contributed by atoms with Gasteiger partial charge in [0.2, 0.25) is 0 Å². The molecule has 2 aromatic carbocycles. The van der Waals surface area contributed by atoms with Gasteiger partial charge in [-0.1, -0.05) is 61.5 Å². The molecule has 4 heteroatoms. The van der Waals surface area contributed by atoms with E-state index in [1.165, 1.54) is 16.8 Å². The van der Waals surface area contributed by atoms with E-state index in [9.17, 15) is 0 Å². The highest BCUT2D eigenvalue weighted by Gasteiger charge is 2.71. The minimum Gasteiger partial charge on any atom is -0.401 e. The summed E-state index contributed by atoms with van der Waals surface area (Å²) in [7, 11) is 1.74. The van der Waals surface area contributed by atoms with Gasteiger partial charge in [0, 0.05) is 18.2 Å². The molecule has 4 rings (SSSR count). The first-order valence-corrected chi connectivity index (χ1v) is 10.5. The minimum atomic E-state index is -0.531. The van der Waals surface area contributed by atoms with Gasteiger partial charge in [-0.25, -0.2) is 0 Å². The number of fused-ring (bicyclic) bond motifs is 1. The van der Waals surface area contributed by atoms with E-state index < -0.39 is 23.8 Å². The molecule has 2 aliphatic rings. The van der Waals surface area contributed by atoms with Crippen molar-refractivity contribution >= 4 is 12.8 Å². The SMILES string of the molecule is C=CC[C@]1(C)c2ccccc2N(C)[C@@]1(B1OC(C)(C)C(C)(C)O1)c1ccccc1. The minimum absolute atomic E-state index is 0.275. The Kier molecular flexibility index (Phi) is 4.53. The van der Waals surface area contributed by atoms with Crippen molar-refractivity contribution in [3.8, 4) is 0 Å². The lowest BCUT2D eigenvalue weighted by Gasteiger charge is -2.49. The van der Waals surface area contributed by atoms with Gasteiger partial charge in [-0.05, 0) is 51.3 Å². The largest absolute Gasteiger partial charge is 0.491 e. The first-order chi connectivity index (χ1) is 13.6. The second kappa shape index (κ2) is 6.48. The second-order valence-corrected chi connectivity index (χ2v) is 9.62. The summed E-state index contributed by atoms with van der Waals surface area (Å²) in [5.41, 5.74) is 2.09. The van der Waals surface area contributed by atoms with Crippen molar-refractivity contribution < 1.29 is 9.31 Å². The molecule has 0 amide bonds. The van der Waals surface area contributed by atoms with Crippen LogP contribution in [0, 0.1) is 0 Å². The van der Waals surface area contributed by atoms with E-state index in [4.69, 9.17) is 9.31 Å². The van der Waals surface area contributed by atoms with Crippen molar-refractivity contribution in [2.24, 2.45) is 0 Å². The van der Waals surface area contributed by atoms with Crippen molar-refractivity contribution in [3.63, 3.8) is 0 Å². The first kappa shape index (κ1) is 20.2. The normalized spacial score (nSPS) is 29.7. The Morgan fingerprint density at radius 2 is 1.45 bits per heavy atom. The number of benzene rings is 2. The Hall–Kier alpha value is -2.04. The van der Waals surface area contributed by atoms with Crippen LogP contribution in [0.2, 0.25) is 0 Å². The Balaban J connectivity index is 2.03. The van der Waals surface area contributed by atoms with E-state index >= 15 is 0 Å². The molecule has 0 N–H and O–H groups in total. The molecule has 0 saturated carbocycles. The predicted octanol–water partition coefficient (Wildman–Crippen LogP) is 5.50. The molecular weight excluding hydrogens is 357 g/mol. The van der Waals surface area contributed by atoms with Gasteiger partial charge in [0.15, 0.2) is 0 Å². The third kappa shape index (κ3) is 2.52. The highest BCUT2D eigenvalue weighted by atomic mass is 16.7. The summed E-state index contributed by atoms with van der Waals surface area (Å²) in [6.45, 7) is 14.9. The van der Waals surface area contributed by atoms with E-state index in [1.807, 2.05) is 6.08 Å². The Morgan fingerprint density at radius 1 is 0.897 bits per heavy atom. The summed E-state index contributed by atoms with van der Waals surface area (Å²) in [6.07, 6.45) is 2.84. The number of allylic oxidation sites excluding steroid dienone is 1. The molecule has 0 bridgehead atoms. The summed E-state index contributed by atoms with van der Waals surface area (Å²) in [4.78, 5) is 2.38. The highest BCUT2D eigenvalue weighted by Crippen LogP contribution is 2.61. The van der Waals surface area contributed by atoms with Crippen LogP contribution in [0.25, 0.3) is 0 Å². The van der Waals surface area contributed by atoms with Crippen LogP contribution in [-0.4, -0.2) is 25.4 Å². The first-order valence-electron chi connectivity index (χ1n) is 10.5. The third-order valence-electron chi connectivity index (χ3n) is 7.59. The molecule has 29 heavy (non-hydrogen) atoms. The summed E-state index contributed by atoms with van der Waals surface area (Å²) >= 11 is 0. The standard InChI is InChI=1S/C25H32BNO2/c1-8-18-24(6)20-16-12-13-17-21(20)27(7)25(24,19-14-10-9-11-15-19)26-28-22(2,3)23(4,5)29-26/h8-17H,1,18H2,2-7H3/t24-,25+/m1/s1. The van der Waals surface area contributed by atoms with Gasteiger partial charge < -0.3 is 14.2 Å². The average molecular weight is 389 g/mol. The van der Waals surface area contributed by atoms with Crippen molar-refractivity contribution in [2.45, 2.75) is 63.1 Å². The lowest BCUT2D eigenvalue weighted by molar-refractivity contribution is 0.00578. The van der Waals surface area contributed by atoms with Gasteiger partial charge in [-0.15, -0.1) is 6.58 Å². The zero-order valence-electron chi connectivity index (χ0n) is 18.5. The number of hydrogen-bond donors (Lipinski definition) is 0. The Labute approximate surface area is 175 Å². The molecule has 0 aliphatic carbocycles. The molecule has 152 valence electrons. The maximum atomic E-state index is 6.75. The number of anilines is 1. The van der Waals surface area contributed by atoms with Crippen molar-refractivity contribution in [2.75, 3.05) is 11.9 Å². The van der Waals surface area contributed by atoms with Gasteiger partial charge in [0.05, 0.1) is 11.2 Å². The molecule has 1 fully saturated rings. The summed E-state index contributed by atoms with van der Waals surface area (Å²) in [5, 5.41) is 0. The summed E-state index contributed by atoms with van der Waals surface area (Å²) in [6, 6.07) is 19.4. The molecule has 0 radical (unpaired) electrons. The molecule has 0 aromatic heterocycles. The number of likely N-dealkylation sites (N-methyl/N-ethyl adjacent to an activating group) is 1. The Morgan fingerprint density at radius 3 is 2.03 bits per heavy atom. The maximum absolute atomic E-state index is 6.75. The smallest absolute Gasteiger partial charge is 0.401 e. The monoisotopic (exact) mass is 389 g/mol. The van der Waals surface area contributed by atoms with Crippen molar-refractivity contribution in [3.05, 3.63) is 78.4 Å². The van der Waals surface area contributed by atoms with Crippen LogP contribution in [-0.2, 0) is 20.2 Å². The van der Waals surface area contributed by atoms with Gasteiger partial charge in [0.25, 0.3) is 0 Å². The van der Waals surface area contributed by atoms with Gasteiger partial charge >= 0.3 is 7.12 Å². The number of hydrogen-bond acceptors (Lipinski definition) is 3.